The number of carbonyl (C=O) groups excluding carboxylic acids is 2. The van der Waals surface area contributed by atoms with Crippen LogP contribution < -0.4 is 16.8 Å². The van der Waals surface area contributed by atoms with Crippen molar-refractivity contribution in [3.8, 4) is 0 Å². The fraction of sp³-hybridized carbons (Fsp3) is 0.778. The molecule has 0 aromatic carbocycles. The Labute approximate surface area is 96.7 Å². The maximum atomic E-state index is 12.4. The maximum absolute atomic E-state index is 12.4. The van der Waals surface area contributed by atoms with E-state index in [0.717, 1.165) is 0 Å². The standard InChI is InChI=1S/C9H16F3N3O2/c1-7(2,5(13)16)4-15-6(17)8(3,14)9(10,11)12/h4,14H2,1-3H3,(H2,13,16)(H,15,17). The highest BCUT2D eigenvalue weighted by Gasteiger charge is 2.54. The molecule has 0 radical (unpaired) electrons. The van der Waals surface area contributed by atoms with Crippen LogP contribution in [0.15, 0.2) is 0 Å². The third-order valence-electron chi connectivity index (χ3n) is 2.42. The monoisotopic (exact) mass is 255 g/mol. The summed E-state index contributed by atoms with van der Waals surface area (Å²) < 4.78 is 37.2. The summed E-state index contributed by atoms with van der Waals surface area (Å²) >= 11 is 0. The fourth-order valence-corrected chi connectivity index (χ4v) is 0.701. The Morgan fingerprint density at radius 2 is 1.59 bits per heavy atom. The maximum Gasteiger partial charge on any atom is 0.415 e. The first-order valence-electron chi connectivity index (χ1n) is 4.76. The molecule has 0 aliphatic carbocycles. The van der Waals surface area contributed by atoms with Crippen molar-refractivity contribution >= 4 is 11.8 Å². The molecule has 17 heavy (non-hydrogen) atoms. The number of rotatable bonds is 4. The van der Waals surface area contributed by atoms with E-state index in [-0.39, 0.29) is 6.54 Å². The van der Waals surface area contributed by atoms with E-state index in [1.807, 2.05) is 5.32 Å². The average molecular weight is 255 g/mol. The molecule has 1 unspecified atom stereocenters. The van der Waals surface area contributed by atoms with E-state index in [1.165, 1.54) is 13.8 Å². The predicted molar refractivity (Wildman–Crippen MR) is 54.6 cm³/mol. The second kappa shape index (κ2) is 4.52. The quantitative estimate of drug-likeness (QED) is 0.653. The number of carbonyl (C=O) groups is 2. The van der Waals surface area contributed by atoms with Crippen LogP contribution in [-0.4, -0.2) is 30.1 Å². The molecule has 0 bridgehead atoms. The van der Waals surface area contributed by atoms with Crippen LogP contribution >= 0.6 is 0 Å². The van der Waals surface area contributed by atoms with Crippen molar-refractivity contribution in [2.75, 3.05) is 6.54 Å². The SMILES string of the molecule is CC(C)(CNC(=O)C(C)(N)C(F)(F)F)C(N)=O. The van der Waals surface area contributed by atoms with E-state index >= 15 is 0 Å². The van der Waals surface area contributed by atoms with Crippen LogP contribution in [0.25, 0.3) is 0 Å². The van der Waals surface area contributed by atoms with Gasteiger partial charge in [-0.05, 0) is 20.8 Å². The van der Waals surface area contributed by atoms with Crippen LogP contribution in [0.1, 0.15) is 20.8 Å². The first-order chi connectivity index (χ1) is 7.32. The first kappa shape index (κ1) is 15.7. The Bertz CT molecular complexity index is 324. The van der Waals surface area contributed by atoms with Crippen molar-refractivity contribution in [2.24, 2.45) is 16.9 Å². The normalized spacial score (nSPS) is 16.2. The molecule has 8 heteroatoms. The van der Waals surface area contributed by atoms with Gasteiger partial charge in [0, 0.05) is 6.54 Å². The molecule has 1 atom stereocenters. The lowest BCUT2D eigenvalue weighted by molar-refractivity contribution is -0.187. The molecule has 0 saturated carbocycles. The van der Waals surface area contributed by atoms with E-state index in [2.05, 4.69) is 0 Å². The summed E-state index contributed by atoms with van der Waals surface area (Å²) in [5.41, 5.74) is 5.76. The summed E-state index contributed by atoms with van der Waals surface area (Å²) in [4.78, 5) is 22.2. The third-order valence-corrected chi connectivity index (χ3v) is 2.42. The lowest BCUT2D eigenvalue weighted by Crippen LogP contribution is -2.62. The van der Waals surface area contributed by atoms with Gasteiger partial charge in [-0.25, -0.2) is 0 Å². The van der Waals surface area contributed by atoms with E-state index in [4.69, 9.17) is 11.5 Å². The fourth-order valence-electron chi connectivity index (χ4n) is 0.701. The van der Waals surface area contributed by atoms with Crippen LogP contribution in [0, 0.1) is 5.41 Å². The molecule has 5 N–H and O–H groups in total. The second-order valence-electron chi connectivity index (χ2n) is 4.63. The van der Waals surface area contributed by atoms with Gasteiger partial charge in [0.25, 0.3) is 0 Å². The van der Waals surface area contributed by atoms with Gasteiger partial charge in [-0.15, -0.1) is 0 Å². The van der Waals surface area contributed by atoms with Crippen molar-refractivity contribution in [3.63, 3.8) is 0 Å². The summed E-state index contributed by atoms with van der Waals surface area (Å²) in [6, 6.07) is 0. The molecule has 0 aromatic rings. The predicted octanol–water partition coefficient (Wildman–Crippen LogP) is -0.106. The van der Waals surface area contributed by atoms with Gasteiger partial charge in [0.1, 0.15) is 0 Å². The average Bonchev–Trinajstić information content (AvgIpc) is 2.12. The van der Waals surface area contributed by atoms with Gasteiger partial charge >= 0.3 is 6.18 Å². The molecular formula is C9H16F3N3O2. The largest absolute Gasteiger partial charge is 0.415 e. The molecule has 0 aromatic heterocycles. The minimum absolute atomic E-state index is 0.315. The Balaban J connectivity index is 4.64. The molecule has 0 saturated heterocycles. The molecule has 0 aliphatic heterocycles. The molecule has 2 amide bonds. The van der Waals surface area contributed by atoms with E-state index in [9.17, 15) is 22.8 Å². The number of alkyl halides is 3. The van der Waals surface area contributed by atoms with Crippen molar-refractivity contribution in [1.29, 1.82) is 0 Å². The Kier molecular flexibility index (Phi) is 4.17. The lowest BCUT2D eigenvalue weighted by Gasteiger charge is -2.28. The van der Waals surface area contributed by atoms with Crippen LogP contribution in [-0.2, 0) is 9.59 Å². The van der Waals surface area contributed by atoms with Gasteiger partial charge in [0.05, 0.1) is 5.41 Å². The summed E-state index contributed by atoms with van der Waals surface area (Å²) in [7, 11) is 0. The lowest BCUT2D eigenvalue weighted by atomic mass is 9.92. The highest BCUT2D eigenvalue weighted by atomic mass is 19.4. The zero-order chi connectivity index (χ0) is 14.1. The second-order valence-corrected chi connectivity index (χ2v) is 4.63. The Morgan fingerprint density at radius 3 is 1.88 bits per heavy atom. The van der Waals surface area contributed by atoms with E-state index < -0.39 is 28.9 Å². The molecular weight excluding hydrogens is 239 g/mol. The van der Waals surface area contributed by atoms with E-state index in [0.29, 0.717) is 6.92 Å². The van der Waals surface area contributed by atoms with Gasteiger partial charge in [0.2, 0.25) is 11.8 Å². The zero-order valence-electron chi connectivity index (χ0n) is 9.81. The van der Waals surface area contributed by atoms with Crippen LogP contribution in [0.3, 0.4) is 0 Å². The molecule has 100 valence electrons. The smallest absolute Gasteiger partial charge is 0.369 e. The summed E-state index contributed by atoms with van der Waals surface area (Å²) in [5, 5.41) is 1.97. The number of amides is 2. The summed E-state index contributed by atoms with van der Waals surface area (Å²) in [5.74, 6) is -2.14. The topological polar surface area (TPSA) is 98.2 Å². The number of halogens is 3. The van der Waals surface area contributed by atoms with Gasteiger partial charge < -0.3 is 16.8 Å². The minimum Gasteiger partial charge on any atom is -0.369 e. The third kappa shape index (κ3) is 3.58. The summed E-state index contributed by atoms with van der Waals surface area (Å²) in [6.07, 6.45) is -4.87. The van der Waals surface area contributed by atoms with Gasteiger partial charge in [-0.1, -0.05) is 0 Å². The number of nitrogens with two attached hydrogens (primary N) is 2. The molecule has 0 aliphatic rings. The van der Waals surface area contributed by atoms with Gasteiger partial charge in [0.15, 0.2) is 5.54 Å². The number of nitrogens with one attached hydrogen (secondary N) is 1. The molecule has 0 rings (SSSR count). The van der Waals surface area contributed by atoms with Gasteiger partial charge in [-0.3, -0.25) is 9.59 Å². The molecule has 0 spiro atoms. The minimum atomic E-state index is -4.87. The highest BCUT2D eigenvalue weighted by molar-refractivity contribution is 5.87. The number of hydrogen-bond donors (Lipinski definition) is 3. The van der Waals surface area contributed by atoms with Crippen LogP contribution in [0.5, 0.6) is 0 Å². The number of primary amides is 1. The molecule has 0 heterocycles. The van der Waals surface area contributed by atoms with Crippen LogP contribution in [0.2, 0.25) is 0 Å². The Hall–Kier alpha value is -1.31. The van der Waals surface area contributed by atoms with E-state index in [1.54, 1.807) is 0 Å². The Morgan fingerprint density at radius 1 is 1.18 bits per heavy atom. The highest BCUT2D eigenvalue weighted by Crippen LogP contribution is 2.28. The van der Waals surface area contributed by atoms with Crippen molar-refractivity contribution in [3.05, 3.63) is 0 Å². The molecule has 5 nitrogen and oxygen atoms in total. The van der Waals surface area contributed by atoms with Crippen molar-refractivity contribution in [1.82, 2.24) is 5.32 Å². The number of hydrogen-bond acceptors (Lipinski definition) is 3. The first-order valence-corrected chi connectivity index (χ1v) is 4.76. The zero-order valence-corrected chi connectivity index (χ0v) is 9.81. The van der Waals surface area contributed by atoms with Gasteiger partial charge in [-0.2, -0.15) is 13.2 Å². The summed E-state index contributed by atoms with van der Waals surface area (Å²) in [6.45, 7) is 3.04. The van der Waals surface area contributed by atoms with Crippen molar-refractivity contribution in [2.45, 2.75) is 32.5 Å². The molecule has 0 fully saturated rings. The van der Waals surface area contributed by atoms with Crippen molar-refractivity contribution < 1.29 is 22.8 Å². The van der Waals surface area contributed by atoms with Crippen LogP contribution in [0.4, 0.5) is 13.2 Å².